The molecule has 0 amide bonds. The van der Waals surface area contributed by atoms with E-state index < -0.39 is 0 Å². The number of nitrogens with two attached hydrogens (primary N) is 1. The van der Waals surface area contributed by atoms with Crippen LogP contribution < -0.4 is 5.73 Å². The Morgan fingerprint density at radius 3 is 2.65 bits per heavy atom. The maximum Gasteiger partial charge on any atom is 0.181 e. The third-order valence-electron chi connectivity index (χ3n) is 2.18. The molecule has 0 bridgehead atoms. The third kappa shape index (κ3) is 2.81. The van der Waals surface area contributed by atoms with Gasteiger partial charge in [-0.1, -0.05) is 6.92 Å². The van der Waals surface area contributed by atoms with E-state index in [0.717, 1.165) is 21.1 Å². The van der Waals surface area contributed by atoms with Gasteiger partial charge in [0.15, 0.2) is 5.82 Å². The number of nitrogens with zero attached hydrogens (tertiary/aromatic N) is 3. The fourth-order valence-corrected chi connectivity index (χ4v) is 2.55. The molecule has 2 rings (SSSR count). The van der Waals surface area contributed by atoms with Gasteiger partial charge >= 0.3 is 0 Å². The molecule has 2 aromatic rings. The second-order valence-electron chi connectivity index (χ2n) is 3.45. The van der Waals surface area contributed by atoms with Crippen LogP contribution in [-0.4, -0.2) is 15.0 Å². The summed E-state index contributed by atoms with van der Waals surface area (Å²) < 4.78 is 1.73. The van der Waals surface area contributed by atoms with Crippen molar-refractivity contribution in [1.29, 1.82) is 0 Å². The quantitative estimate of drug-likeness (QED) is 0.896. The molecule has 6 heteroatoms. The molecule has 88 valence electrons. The predicted molar refractivity (Wildman–Crippen MR) is 74.5 cm³/mol. The summed E-state index contributed by atoms with van der Waals surface area (Å²) in [5, 5.41) is 0. The van der Waals surface area contributed by atoms with Crippen LogP contribution in [0.3, 0.4) is 0 Å². The summed E-state index contributed by atoms with van der Waals surface area (Å²) in [6.45, 7) is 2.02. The first-order valence-corrected chi connectivity index (χ1v) is 6.63. The molecular formula is C11H10Br2N4. The van der Waals surface area contributed by atoms with Gasteiger partial charge in [0.05, 0.1) is 0 Å². The number of nitrogen functional groups attached to an aromatic ring is 1. The molecule has 2 heterocycles. The van der Waals surface area contributed by atoms with Gasteiger partial charge in [0.2, 0.25) is 0 Å². The first kappa shape index (κ1) is 12.4. The minimum Gasteiger partial charge on any atom is -0.384 e. The molecule has 0 aromatic carbocycles. The molecule has 0 fully saturated rings. The van der Waals surface area contributed by atoms with Gasteiger partial charge in [-0.3, -0.25) is 4.98 Å². The minimum atomic E-state index is 0.462. The van der Waals surface area contributed by atoms with Crippen molar-refractivity contribution < 1.29 is 0 Å². The number of halogens is 2. The van der Waals surface area contributed by atoms with Gasteiger partial charge in [-0.05, 0) is 44.3 Å². The van der Waals surface area contributed by atoms with Gasteiger partial charge in [-0.2, -0.15) is 0 Å². The number of rotatable bonds is 2. The van der Waals surface area contributed by atoms with Crippen molar-refractivity contribution in [2.75, 3.05) is 5.73 Å². The molecule has 0 saturated heterocycles. The van der Waals surface area contributed by atoms with Crippen LogP contribution in [0.2, 0.25) is 0 Å². The zero-order valence-electron chi connectivity index (χ0n) is 9.11. The summed E-state index contributed by atoms with van der Waals surface area (Å²) in [6.07, 6.45) is 2.52. The standard InChI is InChI=1S/C11H10Br2N4/c1-2-7-4-9(14)17-11(16-7)10-8(13)3-6(12)5-15-10/h3-5H,2H2,1H3,(H2,14,16,17). The SMILES string of the molecule is CCc1cc(N)nc(-c2ncc(Br)cc2Br)n1. The second-order valence-corrected chi connectivity index (χ2v) is 5.22. The number of pyridine rings is 1. The monoisotopic (exact) mass is 356 g/mol. The van der Waals surface area contributed by atoms with E-state index in [2.05, 4.69) is 46.8 Å². The Morgan fingerprint density at radius 1 is 1.24 bits per heavy atom. The number of hydrogen-bond acceptors (Lipinski definition) is 4. The van der Waals surface area contributed by atoms with Gasteiger partial charge in [0.25, 0.3) is 0 Å². The number of aryl methyl sites for hydroxylation is 1. The fraction of sp³-hybridized carbons (Fsp3) is 0.182. The van der Waals surface area contributed by atoms with Gasteiger partial charge in [0, 0.05) is 26.9 Å². The Morgan fingerprint density at radius 2 is 2.00 bits per heavy atom. The van der Waals surface area contributed by atoms with Crippen LogP contribution in [0, 0.1) is 0 Å². The minimum absolute atomic E-state index is 0.462. The van der Waals surface area contributed by atoms with Crippen molar-refractivity contribution >= 4 is 37.7 Å². The van der Waals surface area contributed by atoms with Gasteiger partial charge in [-0.25, -0.2) is 9.97 Å². The Labute approximate surface area is 116 Å². The highest BCUT2D eigenvalue weighted by atomic mass is 79.9. The maximum atomic E-state index is 5.75. The summed E-state index contributed by atoms with van der Waals surface area (Å²) in [4.78, 5) is 12.9. The van der Waals surface area contributed by atoms with Gasteiger partial charge in [-0.15, -0.1) is 0 Å². The molecule has 0 aliphatic carbocycles. The highest BCUT2D eigenvalue weighted by molar-refractivity contribution is 9.11. The topological polar surface area (TPSA) is 64.7 Å². The molecule has 4 nitrogen and oxygen atoms in total. The van der Waals surface area contributed by atoms with Crippen LogP contribution in [0.1, 0.15) is 12.6 Å². The average molecular weight is 358 g/mol. The largest absolute Gasteiger partial charge is 0.384 e. The summed E-state index contributed by atoms with van der Waals surface area (Å²) in [5.41, 5.74) is 7.35. The van der Waals surface area contributed by atoms with Crippen LogP contribution in [0.15, 0.2) is 27.3 Å². The highest BCUT2D eigenvalue weighted by Gasteiger charge is 2.10. The van der Waals surface area contributed by atoms with Crippen molar-refractivity contribution in [1.82, 2.24) is 15.0 Å². The van der Waals surface area contributed by atoms with E-state index in [4.69, 9.17) is 5.73 Å². The molecule has 0 aliphatic rings. The van der Waals surface area contributed by atoms with Crippen LogP contribution in [0.25, 0.3) is 11.5 Å². The lowest BCUT2D eigenvalue weighted by atomic mass is 10.3. The van der Waals surface area contributed by atoms with Crippen LogP contribution in [0.5, 0.6) is 0 Å². The lowest BCUT2D eigenvalue weighted by Gasteiger charge is -2.05. The van der Waals surface area contributed by atoms with Crippen molar-refractivity contribution in [3.05, 3.63) is 33.0 Å². The third-order valence-corrected chi connectivity index (χ3v) is 3.22. The molecule has 0 atom stereocenters. The summed E-state index contributed by atoms with van der Waals surface area (Å²) in [6, 6.07) is 3.68. The Kier molecular flexibility index (Phi) is 3.73. The molecule has 0 aliphatic heterocycles. The molecule has 0 saturated carbocycles. The Balaban J connectivity index is 2.55. The molecule has 0 radical (unpaired) electrons. The van der Waals surface area contributed by atoms with Crippen molar-refractivity contribution in [3.63, 3.8) is 0 Å². The molecule has 0 unspecified atom stereocenters. The van der Waals surface area contributed by atoms with Gasteiger partial charge < -0.3 is 5.73 Å². The van der Waals surface area contributed by atoms with E-state index in [0.29, 0.717) is 17.3 Å². The normalized spacial score (nSPS) is 10.5. The first-order valence-electron chi connectivity index (χ1n) is 5.05. The highest BCUT2D eigenvalue weighted by Crippen LogP contribution is 2.26. The summed E-state index contributed by atoms with van der Waals surface area (Å²) >= 11 is 6.79. The predicted octanol–water partition coefficient (Wildman–Crippen LogP) is 3.21. The molecule has 17 heavy (non-hydrogen) atoms. The lowest BCUT2D eigenvalue weighted by Crippen LogP contribution is -2.01. The number of hydrogen-bond donors (Lipinski definition) is 1. The molecule has 2 aromatic heterocycles. The van der Waals surface area contributed by atoms with Crippen molar-refractivity contribution in [2.45, 2.75) is 13.3 Å². The van der Waals surface area contributed by atoms with E-state index in [1.807, 2.05) is 13.0 Å². The zero-order chi connectivity index (χ0) is 12.4. The van der Waals surface area contributed by atoms with Crippen molar-refractivity contribution in [3.8, 4) is 11.5 Å². The zero-order valence-corrected chi connectivity index (χ0v) is 12.3. The lowest BCUT2D eigenvalue weighted by molar-refractivity contribution is 1.00. The number of aromatic nitrogens is 3. The Hall–Kier alpha value is -1.01. The van der Waals surface area contributed by atoms with E-state index in [-0.39, 0.29) is 0 Å². The second kappa shape index (κ2) is 5.10. The first-order chi connectivity index (χ1) is 8.10. The maximum absolute atomic E-state index is 5.75. The van der Waals surface area contributed by atoms with Crippen LogP contribution >= 0.6 is 31.9 Å². The average Bonchev–Trinajstić information content (AvgIpc) is 2.28. The molecule has 2 N–H and O–H groups in total. The van der Waals surface area contributed by atoms with Gasteiger partial charge in [0.1, 0.15) is 11.5 Å². The van der Waals surface area contributed by atoms with Crippen molar-refractivity contribution in [2.24, 2.45) is 0 Å². The van der Waals surface area contributed by atoms with Crippen LogP contribution in [-0.2, 0) is 6.42 Å². The fourth-order valence-electron chi connectivity index (χ4n) is 1.38. The summed E-state index contributed by atoms with van der Waals surface area (Å²) in [5.74, 6) is 1.00. The van der Waals surface area contributed by atoms with E-state index in [1.54, 1.807) is 12.3 Å². The van der Waals surface area contributed by atoms with Crippen LogP contribution in [0.4, 0.5) is 5.82 Å². The number of anilines is 1. The van der Waals surface area contributed by atoms with E-state index in [1.165, 1.54) is 0 Å². The summed E-state index contributed by atoms with van der Waals surface area (Å²) in [7, 11) is 0. The smallest absolute Gasteiger partial charge is 0.181 e. The van der Waals surface area contributed by atoms with E-state index in [9.17, 15) is 0 Å². The van der Waals surface area contributed by atoms with E-state index >= 15 is 0 Å². The molecular weight excluding hydrogens is 348 g/mol. The molecule has 0 spiro atoms. The Bertz CT molecular complexity index is 557.